The van der Waals surface area contributed by atoms with Crippen LogP contribution in [-0.4, -0.2) is 34.6 Å². The van der Waals surface area contributed by atoms with Gasteiger partial charge in [0.2, 0.25) is 15.9 Å². The van der Waals surface area contributed by atoms with Gasteiger partial charge in [-0.15, -0.1) is 0 Å². The van der Waals surface area contributed by atoms with Crippen LogP contribution in [0.15, 0.2) is 81.7 Å². The van der Waals surface area contributed by atoms with E-state index < -0.39 is 10.0 Å². The number of hydrogen-bond acceptors (Lipinski definition) is 7. The Morgan fingerprint density at radius 1 is 1.12 bits per heavy atom. The molecule has 0 saturated carbocycles. The molecule has 9 nitrogen and oxygen atoms in total. The lowest BCUT2D eigenvalue weighted by Gasteiger charge is -2.13. The van der Waals surface area contributed by atoms with Crippen LogP contribution in [0.2, 0.25) is 0 Å². The molecule has 0 saturated heterocycles. The fourth-order valence-corrected chi connectivity index (χ4v) is 4.43. The second-order valence-electron chi connectivity index (χ2n) is 7.15. The second-order valence-corrected chi connectivity index (χ2v) is 9.65. The summed E-state index contributed by atoms with van der Waals surface area (Å²) in [6.45, 7) is 1.89. The Bertz CT molecular complexity index is 1520. The highest BCUT2D eigenvalue weighted by atomic mass is 32.2. The molecule has 0 aliphatic rings. The minimum Gasteiger partial charge on any atom is -0.325 e. The van der Waals surface area contributed by atoms with Gasteiger partial charge < -0.3 is 5.32 Å². The monoisotopic (exact) mass is 481 g/mol. The van der Waals surface area contributed by atoms with E-state index in [4.69, 9.17) is 5.14 Å². The van der Waals surface area contributed by atoms with Gasteiger partial charge in [-0.05, 0) is 61.0 Å². The van der Waals surface area contributed by atoms with E-state index in [-0.39, 0.29) is 22.1 Å². The zero-order valence-corrected chi connectivity index (χ0v) is 19.1. The zero-order chi connectivity index (χ0) is 23.6. The number of sulfonamides is 1. The fourth-order valence-electron chi connectivity index (χ4n) is 3.11. The number of thioether (sulfide) groups is 1. The maximum atomic E-state index is 13.2. The van der Waals surface area contributed by atoms with Gasteiger partial charge in [-0.3, -0.25) is 9.59 Å². The van der Waals surface area contributed by atoms with Crippen LogP contribution >= 0.6 is 11.8 Å². The summed E-state index contributed by atoms with van der Waals surface area (Å²) in [6.07, 6.45) is 1.61. The number of carbonyl (C=O) groups excluding carboxylic acids is 1. The number of fused-ring (bicyclic) bond motifs is 1. The van der Waals surface area contributed by atoms with Crippen LogP contribution in [0.3, 0.4) is 0 Å². The summed E-state index contributed by atoms with van der Waals surface area (Å²) in [5.74, 6) is 0.0299. The Morgan fingerprint density at radius 3 is 2.55 bits per heavy atom. The van der Waals surface area contributed by atoms with Crippen molar-refractivity contribution in [3.05, 3.63) is 82.8 Å². The van der Waals surface area contributed by atoms with E-state index in [1.165, 1.54) is 28.8 Å². The Morgan fingerprint density at radius 2 is 1.85 bits per heavy atom. The molecule has 168 valence electrons. The third kappa shape index (κ3) is 5.11. The van der Waals surface area contributed by atoms with Gasteiger partial charge in [0.15, 0.2) is 5.16 Å². The molecule has 3 N–H and O–H groups in total. The van der Waals surface area contributed by atoms with Crippen LogP contribution in [0.4, 0.5) is 5.69 Å². The molecule has 4 aromatic rings. The molecule has 1 amide bonds. The molecule has 0 fully saturated rings. The summed E-state index contributed by atoms with van der Waals surface area (Å²) in [4.78, 5) is 34.6. The SMILES string of the molecule is Cc1ccnc(-n2c(SCC(=O)Nc3ccc(S(N)(=O)=O)cc3)nc3ccccc3c2=O)c1. The fraction of sp³-hybridized carbons (Fsp3) is 0.0909. The van der Waals surface area contributed by atoms with Crippen molar-refractivity contribution in [1.82, 2.24) is 14.5 Å². The predicted octanol–water partition coefficient (Wildman–Crippen LogP) is 2.47. The van der Waals surface area contributed by atoms with Gasteiger partial charge in [-0.25, -0.2) is 28.1 Å². The number of pyridine rings is 1. The van der Waals surface area contributed by atoms with E-state index in [0.29, 0.717) is 27.6 Å². The standard InChI is InChI=1S/C22H19N5O4S2/c1-14-10-11-24-19(12-14)27-21(29)17-4-2-3-5-18(17)26-22(27)32-13-20(28)25-15-6-8-16(9-7-15)33(23,30)31/h2-12H,13H2,1H3,(H,25,28)(H2,23,30,31). The first kappa shape index (κ1) is 22.6. The highest BCUT2D eigenvalue weighted by molar-refractivity contribution is 7.99. The number of rotatable bonds is 6. The van der Waals surface area contributed by atoms with Crippen LogP contribution in [0.1, 0.15) is 5.56 Å². The molecular weight excluding hydrogens is 462 g/mol. The molecule has 0 radical (unpaired) electrons. The summed E-state index contributed by atoms with van der Waals surface area (Å²) < 4.78 is 24.1. The Kier molecular flexibility index (Phi) is 6.27. The number of carbonyl (C=O) groups is 1. The predicted molar refractivity (Wildman–Crippen MR) is 127 cm³/mol. The molecule has 11 heteroatoms. The average Bonchev–Trinajstić information content (AvgIpc) is 2.77. The number of anilines is 1. The molecule has 0 spiro atoms. The number of aryl methyl sites for hydroxylation is 1. The molecule has 2 aromatic heterocycles. The first-order chi connectivity index (χ1) is 15.7. The van der Waals surface area contributed by atoms with E-state index in [2.05, 4.69) is 15.3 Å². The number of para-hydroxylation sites is 1. The number of nitrogens with zero attached hydrogens (tertiary/aromatic N) is 3. The Labute approximate surface area is 193 Å². The van der Waals surface area contributed by atoms with Gasteiger partial charge in [0.1, 0.15) is 5.82 Å². The number of nitrogens with one attached hydrogen (secondary N) is 1. The van der Waals surface area contributed by atoms with Crippen molar-refractivity contribution in [2.45, 2.75) is 17.0 Å². The van der Waals surface area contributed by atoms with Crippen molar-refractivity contribution in [2.24, 2.45) is 5.14 Å². The Balaban J connectivity index is 1.61. The molecule has 33 heavy (non-hydrogen) atoms. The highest BCUT2D eigenvalue weighted by Gasteiger charge is 2.16. The maximum Gasteiger partial charge on any atom is 0.267 e. The molecule has 2 heterocycles. The quantitative estimate of drug-likeness (QED) is 0.319. The topological polar surface area (TPSA) is 137 Å². The largest absolute Gasteiger partial charge is 0.325 e. The number of hydrogen-bond donors (Lipinski definition) is 2. The van der Waals surface area contributed by atoms with E-state index in [9.17, 15) is 18.0 Å². The van der Waals surface area contributed by atoms with E-state index in [0.717, 1.165) is 17.3 Å². The summed E-state index contributed by atoms with van der Waals surface area (Å²) >= 11 is 1.10. The maximum absolute atomic E-state index is 13.2. The molecule has 0 bridgehead atoms. The lowest BCUT2D eigenvalue weighted by Crippen LogP contribution is -2.23. The van der Waals surface area contributed by atoms with Crippen LogP contribution in [0, 0.1) is 6.92 Å². The van der Waals surface area contributed by atoms with Crippen molar-refractivity contribution in [2.75, 3.05) is 11.1 Å². The van der Waals surface area contributed by atoms with Crippen molar-refractivity contribution < 1.29 is 13.2 Å². The van der Waals surface area contributed by atoms with Crippen LogP contribution in [0.5, 0.6) is 0 Å². The third-order valence-corrected chi connectivity index (χ3v) is 6.54. The van der Waals surface area contributed by atoms with E-state index >= 15 is 0 Å². The Hall–Kier alpha value is -3.54. The van der Waals surface area contributed by atoms with Crippen LogP contribution < -0.4 is 16.0 Å². The van der Waals surface area contributed by atoms with E-state index in [1.54, 1.807) is 36.5 Å². The summed E-state index contributed by atoms with van der Waals surface area (Å²) in [7, 11) is -3.81. The average molecular weight is 482 g/mol. The van der Waals surface area contributed by atoms with Gasteiger partial charge in [0, 0.05) is 11.9 Å². The summed E-state index contributed by atoms with van der Waals surface area (Å²) in [5.41, 5.74) is 1.59. The lowest BCUT2D eigenvalue weighted by molar-refractivity contribution is -0.113. The van der Waals surface area contributed by atoms with Gasteiger partial charge in [0.25, 0.3) is 5.56 Å². The summed E-state index contributed by atoms with van der Waals surface area (Å²) in [5, 5.41) is 8.55. The normalized spacial score (nSPS) is 11.5. The van der Waals surface area contributed by atoms with Crippen molar-refractivity contribution >= 4 is 44.3 Å². The first-order valence-electron chi connectivity index (χ1n) is 9.73. The third-order valence-electron chi connectivity index (χ3n) is 4.67. The number of nitrogens with two attached hydrogens (primary N) is 1. The molecule has 0 unspecified atom stereocenters. The molecular formula is C22H19N5O4S2. The first-order valence-corrected chi connectivity index (χ1v) is 12.3. The number of amides is 1. The van der Waals surface area contributed by atoms with Gasteiger partial charge in [0.05, 0.1) is 21.6 Å². The number of benzene rings is 2. The minimum atomic E-state index is -3.81. The van der Waals surface area contributed by atoms with Gasteiger partial charge in [-0.2, -0.15) is 0 Å². The van der Waals surface area contributed by atoms with Gasteiger partial charge >= 0.3 is 0 Å². The van der Waals surface area contributed by atoms with Crippen molar-refractivity contribution in [1.29, 1.82) is 0 Å². The smallest absolute Gasteiger partial charge is 0.267 e. The molecule has 4 rings (SSSR count). The van der Waals surface area contributed by atoms with Crippen LogP contribution in [-0.2, 0) is 14.8 Å². The molecule has 2 aromatic carbocycles. The van der Waals surface area contributed by atoms with E-state index in [1.807, 2.05) is 13.0 Å². The van der Waals surface area contributed by atoms with Crippen LogP contribution in [0.25, 0.3) is 16.7 Å². The molecule has 0 aliphatic heterocycles. The van der Waals surface area contributed by atoms with Crippen molar-refractivity contribution in [3.8, 4) is 5.82 Å². The number of primary sulfonamides is 1. The molecule has 0 aliphatic carbocycles. The van der Waals surface area contributed by atoms with Crippen molar-refractivity contribution in [3.63, 3.8) is 0 Å². The minimum absolute atomic E-state index is 0.0342. The van der Waals surface area contributed by atoms with Gasteiger partial charge in [-0.1, -0.05) is 23.9 Å². The lowest BCUT2D eigenvalue weighted by atomic mass is 10.2. The molecule has 0 atom stereocenters. The summed E-state index contributed by atoms with van der Waals surface area (Å²) in [6, 6.07) is 16.1. The zero-order valence-electron chi connectivity index (χ0n) is 17.4. The number of aromatic nitrogens is 3. The highest BCUT2D eigenvalue weighted by Crippen LogP contribution is 2.21. The second kappa shape index (κ2) is 9.14.